The highest BCUT2D eigenvalue weighted by molar-refractivity contribution is 5.53. The Hall–Kier alpha value is -1.75. The normalized spacial score (nSPS) is 10.5. The van der Waals surface area contributed by atoms with Crippen molar-refractivity contribution in [3.8, 4) is 11.4 Å². The minimum atomic E-state index is -0.288. The van der Waals surface area contributed by atoms with E-state index >= 15 is 0 Å². The van der Waals surface area contributed by atoms with Crippen molar-refractivity contribution in [2.24, 2.45) is 5.73 Å². The zero-order chi connectivity index (χ0) is 10.7. The topological polar surface area (TPSA) is 64.9 Å². The number of hydrogen-bond donors (Lipinski definition) is 1. The first-order valence-electron chi connectivity index (χ1n) is 4.58. The van der Waals surface area contributed by atoms with Gasteiger partial charge in [0.05, 0.1) is 0 Å². The zero-order valence-electron chi connectivity index (χ0n) is 7.98. The van der Waals surface area contributed by atoms with Gasteiger partial charge >= 0.3 is 0 Å². The quantitative estimate of drug-likeness (QED) is 0.825. The molecule has 1 aromatic carbocycles. The van der Waals surface area contributed by atoms with E-state index in [0.29, 0.717) is 24.7 Å². The predicted octanol–water partition coefficient (Wildman–Crippen LogP) is 1.38. The average Bonchev–Trinajstić information content (AvgIpc) is 2.68. The van der Waals surface area contributed by atoms with Crippen LogP contribution in [-0.4, -0.2) is 16.7 Å². The fraction of sp³-hybridized carbons (Fsp3) is 0.200. The Balaban J connectivity index is 2.25. The largest absolute Gasteiger partial charge is 0.339 e. The summed E-state index contributed by atoms with van der Waals surface area (Å²) in [6.07, 6.45) is 0.550. The smallest absolute Gasteiger partial charge is 0.228 e. The summed E-state index contributed by atoms with van der Waals surface area (Å²) >= 11 is 0. The second-order valence-electron chi connectivity index (χ2n) is 3.06. The van der Waals surface area contributed by atoms with Crippen LogP contribution in [0.2, 0.25) is 0 Å². The number of aromatic nitrogens is 2. The summed E-state index contributed by atoms with van der Waals surface area (Å²) in [7, 11) is 0. The molecule has 0 amide bonds. The number of rotatable bonds is 3. The van der Waals surface area contributed by atoms with E-state index in [-0.39, 0.29) is 5.82 Å². The van der Waals surface area contributed by atoms with E-state index in [4.69, 9.17) is 10.3 Å². The van der Waals surface area contributed by atoms with Crippen molar-refractivity contribution in [1.82, 2.24) is 10.1 Å². The molecule has 2 rings (SSSR count). The van der Waals surface area contributed by atoms with Gasteiger partial charge in [-0.3, -0.25) is 0 Å². The van der Waals surface area contributed by atoms with Gasteiger partial charge in [0, 0.05) is 18.5 Å². The van der Waals surface area contributed by atoms with Gasteiger partial charge in [-0.1, -0.05) is 5.16 Å². The molecule has 0 spiro atoms. The van der Waals surface area contributed by atoms with Crippen LogP contribution in [0.4, 0.5) is 4.39 Å². The van der Waals surface area contributed by atoms with Crippen molar-refractivity contribution in [2.75, 3.05) is 6.54 Å². The maximum atomic E-state index is 12.6. The molecule has 4 nitrogen and oxygen atoms in total. The van der Waals surface area contributed by atoms with Crippen molar-refractivity contribution >= 4 is 0 Å². The zero-order valence-corrected chi connectivity index (χ0v) is 7.98. The Morgan fingerprint density at radius 3 is 2.67 bits per heavy atom. The molecule has 5 heteroatoms. The van der Waals surface area contributed by atoms with Crippen LogP contribution in [0.15, 0.2) is 28.8 Å². The summed E-state index contributed by atoms with van der Waals surface area (Å²) in [6.45, 7) is 0.463. The third-order valence-electron chi connectivity index (χ3n) is 1.93. The second-order valence-corrected chi connectivity index (χ2v) is 3.06. The Kier molecular flexibility index (Phi) is 2.73. The number of halogens is 1. The Morgan fingerprint density at radius 2 is 2.00 bits per heavy atom. The number of benzene rings is 1. The van der Waals surface area contributed by atoms with Gasteiger partial charge in [0.25, 0.3) is 0 Å². The molecule has 0 saturated carbocycles. The standard InChI is InChI=1S/C10H10FN3O/c11-8-3-1-7(2-4-8)10-13-9(5-6-12)15-14-10/h1-4H,5-6,12H2. The van der Waals surface area contributed by atoms with Gasteiger partial charge in [0.15, 0.2) is 0 Å². The van der Waals surface area contributed by atoms with Crippen molar-refractivity contribution in [1.29, 1.82) is 0 Å². The lowest BCUT2D eigenvalue weighted by molar-refractivity contribution is 0.380. The van der Waals surface area contributed by atoms with Crippen LogP contribution in [0.5, 0.6) is 0 Å². The number of nitrogens with zero attached hydrogens (tertiary/aromatic N) is 2. The molecular formula is C10H10FN3O. The van der Waals surface area contributed by atoms with Crippen LogP contribution < -0.4 is 5.73 Å². The van der Waals surface area contributed by atoms with Crippen LogP contribution in [0.3, 0.4) is 0 Å². The highest BCUT2D eigenvalue weighted by Crippen LogP contribution is 2.15. The molecule has 0 unspecified atom stereocenters. The Morgan fingerprint density at radius 1 is 1.27 bits per heavy atom. The molecule has 1 aromatic heterocycles. The summed E-state index contributed by atoms with van der Waals surface area (Å²) < 4.78 is 17.6. The monoisotopic (exact) mass is 207 g/mol. The summed E-state index contributed by atoms with van der Waals surface area (Å²) in [5.74, 6) is 0.666. The van der Waals surface area contributed by atoms with Gasteiger partial charge in [0.2, 0.25) is 11.7 Å². The molecule has 2 aromatic rings. The summed E-state index contributed by atoms with van der Waals surface area (Å²) in [6, 6.07) is 5.92. The highest BCUT2D eigenvalue weighted by Gasteiger charge is 2.07. The molecule has 0 aliphatic heterocycles. The van der Waals surface area contributed by atoms with Gasteiger partial charge < -0.3 is 10.3 Å². The van der Waals surface area contributed by atoms with Crippen LogP contribution in [0.25, 0.3) is 11.4 Å². The van der Waals surface area contributed by atoms with E-state index in [1.807, 2.05) is 0 Å². The van der Waals surface area contributed by atoms with Gasteiger partial charge in [-0.05, 0) is 24.3 Å². The molecule has 0 bridgehead atoms. The predicted molar refractivity (Wildman–Crippen MR) is 52.5 cm³/mol. The average molecular weight is 207 g/mol. The van der Waals surface area contributed by atoms with Crippen molar-refractivity contribution < 1.29 is 8.91 Å². The Bertz CT molecular complexity index is 438. The molecule has 0 fully saturated rings. The molecule has 0 radical (unpaired) electrons. The van der Waals surface area contributed by atoms with E-state index in [9.17, 15) is 4.39 Å². The van der Waals surface area contributed by atoms with Crippen LogP contribution in [-0.2, 0) is 6.42 Å². The second kappa shape index (κ2) is 4.18. The molecule has 0 saturated heterocycles. The van der Waals surface area contributed by atoms with Crippen molar-refractivity contribution in [3.63, 3.8) is 0 Å². The lowest BCUT2D eigenvalue weighted by Gasteiger charge is -1.92. The molecule has 0 aliphatic rings. The minimum Gasteiger partial charge on any atom is -0.339 e. The Labute approximate surface area is 85.9 Å². The molecule has 15 heavy (non-hydrogen) atoms. The van der Waals surface area contributed by atoms with E-state index in [1.165, 1.54) is 12.1 Å². The van der Waals surface area contributed by atoms with E-state index in [1.54, 1.807) is 12.1 Å². The van der Waals surface area contributed by atoms with E-state index < -0.39 is 0 Å². The third kappa shape index (κ3) is 2.19. The maximum Gasteiger partial charge on any atom is 0.228 e. The molecule has 2 N–H and O–H groups in total. The van der Waals surface area contributed by atoms with Crippen molar-refractivity contribution in [3.05, 3.63) is 36.0 Å². The van der Waals surface area contributed by atoms with Crippen LogP contribution in [0, 0.1) is 5.82 Å². The van der Waals surface area contributed by atoms with Gasteiger partial charge in [-0.2, -0.15) is 4.98 Å². The lowest BCUT2D eigenvalue weighted by atomic mass is 10.2. The van der Waals surface area contributed by atoms with Crippen LogP contribution in [0.1, 0.15) is 5.89 Å². The van der Waals surface area contributed by atoms with Crippen molar-refractivity contribution in [2.45, 2.75) is 6.42 Å². The lowest BCUT2D eigenvalue weighted by Crippen LogP contribution is -2.02. The molecule has 0 atom stereocenters. The fourth-order valence-electron chi connectivity index (χ4n) is 1.20. The number of hydrogen-bond acceptors (Lipinski definition) is 4. The van der Waals surface area contributed by atoms with Gasteiger partial charge in [0.1, 0.15) is 5.82 Å². The fourth-order valence-corrected chi connectivity index (χ4v) is 1.20. The first-order valence-corrected chi connectivity index (χ1v) is 4.58. The summed E-state index contributed by atoms with van der Waals surface area (Å²) in [4.78, 5) is 4.12. The van der Waals surface area contributed by atoms with Gasteiger partial charge in [-0.15, -0.1) is 0 Å². The van der Waals surface area contributed by atoms with E-state index in [2.05, 4.69) is 10.1 Å². The van der Waals surface area contributed by atoms with E-state index in [0.717, 1.165) is 5.56 Å². The first kappa shape index (κ1) is 9.79. The SMILES string of the molecule is NCCc1nc(-c2ccc(F)cc2)no1. The summed E-state index contributed by atoms with van der Waals surface area (Å²) in [5, 5.41) is 3.77. The number of nitrogens with two attached hydrogens (primary N) is 1. The molecule has 1 heterocycles. The molecule has 0 aliphatic carbocycles. The van der Waals surface area contributed by atoms with Gasteiger partial charge in [-0.25, -0.2) is 4.39 Å². The highest BCUT2D eigenvalue weighted by atomic mass is 19.1. The third-order valence-corrected chi connectivity index (χ3v) is 1.93. The first-order chi connectivity index (χ1) is 7.29. The van der Waals surface area contributed by atoms with Crippen LogP contribution >= 0.6 is 0 Å². The minimum absolute atomic E-state index is 0.288. The maximum absolute atomic E-state index is 12.6. The summed E-state index contributed by atoms with van der Waals surface area (Å²) in [5.41, 5.74) is 6.08. The molecular weight excluding hydrogens is 197 g/mol. The molecule has 78 valence electrons.